The molecule has 1 saturated heterocycles. The first-order valence-corrected chi connectivity index (χ1v) is 10.9. The van der Waals surface area contributed by atoms with E-state index in [0.717, 1.165) is 0 Å². The van der Waals surface area contributed by atoms with Gasteiger partial charge in [0.25, 0.3) is 0 Å². The summed E-state index contributed by atoms with van der Waals surface area (Å²) in [5, 5.41) is 44.6. The molecule has 0 saturated carbocycles. The van der Waals surface area contributed by atoms with Gasteiger partial charge in [0.15, 0.2) is 0 Å². The number of likely N-dealkylation sites (tertiary alicyclic amines) is 1. The molecule has 0 aromatic rings. The first kappa shape index (κ1) is 29.2. The minimum Gasteiger partial charge on any atom is -0.480 e. The fourth-order valence-corrected chi connectivity index (χ4v) is 3.44. The van der Waals surface area contributed by atoms with Crippen LogP contribution >= 0.6 is 0 Å². The van der Waals surface area contributed by atoms with Crippen LogP contribution in [-0.2, 0) is 24.0 Å². The minimum atomic E-state index is -1.55. The monoisotopic (exact) mass is 489 g/mol. The fourth-order valence-electron chi connectivity index (χ4n) is 3.44. The Bertz CT molecular complexity index is 761. The van der Waals surface area contributed by atoms with Gasteiger partial charge in [-0.25, -0.2) is 4.79 Å². The van der Waals surface area contributed by atoms with E-state index in [2.05, 4.69) is 16.0 Å². The normalized spacial score (nSPS) is 20.1. The van der Waals surface area contributed by atoms with Gasteiger partial charge in [0.2, 0.25) is 23.6 Å². The number of nitrogens with two attached hydrogens (primary N) is 1. The van der Waals surface area contributed by atoms with Crippen LogP contribution in [0.4, 0.5) is 0 Å². The number of carboxylic acids is 1. The fraction of sp³-hybridized carbons (Fsp3) is 0.750. The van der Waals surface area contributed by atoms with Crippen LogP contribution in [0.1, 0.15) is 33.6 Å². The summed E-state index contributed by atoms with van der Waals surface area (Å²) in [5.74, 6) is -5.03. The van der Waals surface area contributed by atoms with Crippen molar-refractivity contribution < 1.29 is 44.4 Å². The van der Waals surface area contributed by atoms with E-state index in [1.54, 1.807) is 13.8 Å². The van der Waals surface area contributed by atoms with Crippen LogP contribution in [0.25, 0.3) is 0 Å². The number of nitrogens with zero attached hydrogens (tertiary/aromatic N) is 1. The third-order valence-electron chi connectivity index (χ3n) is 5.46. The number of carbonyl (C=O) groups excluding carboxylic acids is 4. The molecule has 1 aliphatic heterocycles. The van der Waals surface area contributed by atoms with E-state index < -0.39 is 85.0 Å². The van der Waals surface area contributed by atoms with Gasteiger partial charge in [0, 0.05) is 6.54 Å². The van der Waals surface area contributed by atoms with Gasteiger partial charge < -0.3 is 47.0 Å². The van der Waals surface area contributed by atoms with E-state index in [9.17, 15) is 39.3 Å². The van der Waals surface area contributed by atoms with Crippen LogP contribution < -0.4 is 21.7 Å². The van der Waals surface area contributed by atoms with Gasteiger partial charge in [-0.2, -0.15) is 0 Å². The molecule has 0 unspecified atom stereocenters. The van der Waals surface area contributed by atoms with Crippen LogP contribution in [-0.4, -0.2) is 111 Å². The summed E-state index contributed by atoms with van der Waals surface area (Å²) in [6, 6.07) is -6.55. The number of nitrogens with one attached hydrogen (secondary N) is 3. The van der Waals surface area contributed by atoms with Crippen molar-refractivity contribution in [3.8, 4) is 0 Å². The smallest absolute Gasteiger partial charge is 0.326 e. The van der Waals surface area contributed by atoms with E-state index in [0.29, 0.717) is 12.8 Å². The standard InChI is InChI=1S/C20H35N5O9/c1-9(2)14(19(32)25-6-4-5-13(25)20(33)34)23-17(30)12(8-27)22-18(31)15(10(3)28)24-16(29)11(21)7-26/h9-15,26-28H,4-8,21H2,1-3H3,(H,22,31)(H,23,30)(H,24,29)(H,33,34)/t10-,11+,12+,13+,14+,15+/m1/s1. The van der Waals surface area contributed by atoms with Crippen molar-refractivity contribution in [1.82, 2.24) is 20.9 Å². The predicted octanol–water partition coefficient (Wildman–Crippen LogP) is -4.13. The molecule has 14 nitrogen and oxygen atoms in total. The Balaban J connectivity index is 2.93. The number of aliphatic hydroxyl groups excluding tert-OH is 3. The highest BCUT2D eigenvalue weighted by molar-refractivity contribution is 5.95. The Hall–Kier alpha value is -2.81. The second kappa shape index (κ2) is 13.2. The quantitative estimate of drug-likeness (QED) is 0.132. The Morgan fingerprint density at radius 1 is 0.941 bits per heavy atom. The van der Waals surface area contributed by atoms with Crippen LogP contribution in [0, 0.1) is 5.92 Å². The topological polar surface area (TPSA) is 232 Å². The van der Waals surface area contributed by atoms with Gasteiger partial charge in [-0.1, -0.05) is 13.8 Å². The van der Waals surface area contributed by atoms with Gasteiger partial charge in [0.1, 0.15) is 30.2 Å². The summed E-state index contributed by atoms with van der Waals surface area (Å²) in [6.45, 7) is 3.14. The number of hydrogen-bond acceptors (Lipinski definition) is 9. The summed E-state index contributed by atoms with van der Waals surface area (Å²) in [6.07, 6.45) is -0.615. The average molecular weight is 490 g/mol. The van der Waals surface area contributed by atoms with Gasteiger partial charge in [0.05, 0.1) is 19.3 Å². The number of rotatable bonds is 12. The van der Waals surface area contributed by atoms with E-state index >= 15 is 0 Å². The molecule has 14 heteroatoms. The molecule has 1 rings (SSSR count). The minimum absolute atomic E-state index is 0.223. The van der Waals surface area contributed by atoms with Gasteiger partial charge in [-0.15, -0.1) is 0 Å². The van der Waals surface area contributed by atoms with Gasteiger partial charge in [-0.05, 0) is 25.7 Å². The number of carbonyl (C=O) groups is 5. The number of carboxylic acid groups (broad SMARTS) is 1. The lowest BCUT2D eigenvalue weighted by atomic mass is 10.0. The van der Waals surface area contributed by atoms with Crippen molar-refractivity contribution >= 4 is 29.6 Å². The Labute approximate surface area is 196 Å². The number of aliphatic carboxylic acids is 1. The third-order valence-corrected chi connectivity index (χ3v) is 5.46. The molecule has 6 atom stereocenters. The molecule has 34 heavy (non-hydrogen) atoms. The number of hydrogen-bond donors (Lipinski definition) is 8. The second-order valence-corrected chi connectivity index (χ2v) is 8.52. The zero-order valence-electron chi connectivity index (χ0n) is 19.4. The summed E-state index contributed by atoms with van der Waals surface area (Å²) in [4.78, 5) is 62.8. The molecule has 9 N–H and O–H groups in total. The Morgan fingerprint density at radius 2 is 1.53 bits per heavy atom. The maximum atomic E-state index is 13.0. The van der Waals surface area contributed by atoms with Crippen molar-refractivity contribution in [2.45, 2.75) is 69.9 Å². The molecule has 4 amide bonds. The second-order valence-electron chi connectivity index (χ2n) is 8.52. The average Bonchev–Trinajstić information content (AvgIpc) is 3.27. The molecule has 0 aliphatic carbocycles. The van der Waals surface area contributed by atoms with E-state index in [1.807, 2.05) is 0 Å². The first-order valence-electron chi connectivity index (χ1n) is 10.9. The van der Waals surface area contributed by atoms with Crippen LogP contribution in [0.2, 0.25) is 0 Å². The highest BCUT2D eigenvalue weighted by Gasteiger charge is 2.39. The summed E-state index contributed by atoms with van der Waals surface area (Å²) in [5.41, 5.74) is 5.38. The molecule has 0 radical (unpaired) electrons. The van der Waals surface area contributed by atoms with Crippen molar-refractivity contribution in [2.75, 3.05) is 19.8 Å². The first-order chi connectivity index (χ1) is 15.8. The predicted molar refractivity (Wildman–Crippen MR) is 117 cm³/mol. The zero-order chi connectivity index (χ0) is 26.2. The zero-order valence-corrected chi connectivity index (χ0v) is 19.4. The van der Waals surface area contributed by atoms with Crippen LogP contribution in [0.3, 0.4) is 0 Å². The third kappa shape index (κ3) is 7.62. The molecule has 0 bridgehead atoms. The SMILES string of the molecule is CC(C)[C@H](NC(=O)[C@H](CO)NC(=O)[C@@H](NC(=O)[C@@H](N)CO)[C@@H](C)O)C(=O)N1CCC[C@H]1C(=O)O. The van der Waals surface area contributed by atoms with Crippen molar-refractivity contribution in [3.63, 3.8) is 0 Å². The molecule has 1 fully saturated rings. The van der Waals surface area contributed by atoms with Gasteiger partial charge >= 0.3 is 5.97 Å². The maximum Gasteiger partial charge on any atom is 0.326 e. The molecule has 0 aromatic heterocycles. The Kier molecular flexibility index (Phi) is 11.3. The molecular formula is C20H35N5O9. The molecule has 1 heterocycles. The lowest BCUT2D eigenvalue weighted by Crippen LogP contribution is -2.62. The largest absolute Gasteiger partial charge is 0.480 e. The van der Waals surface area contributed by atoms with Crippen molar-refractivity contribution in [1.29, 1.82) is 0 Å². The maximum absolute atomic E-state index is 13.0. The van der Waals surface area contributed by atoms with Gasteiger partial charge in [-0.3, -0.25) is 19.2 Å². The van der Waals surface area contributed by atoms with Crippen molar-refractivity contribution in [3.05, 3.63) is 0 Å². The lowest BCUT2D eigenvalue weighted by molar-refractivity contribution is -0.150. The van der Waals surface area contributed by atoms with Crippen LogP contribution in [0.5, 0.6) is 0 Å². The van der Waals surface area contributed by atoms with Crippen molar-refractivity contribution in [2.24, 2.45) is 11.7 Å². The molecule has 0 spiro atoms. The Morgan fingerprint density at radius 3 is 2.00 bits per heavy atom. The molecule has 0 aromatic carbocycles. The summed E-state index contributed by atoms with van der Waals surface area (Å²) < 4.78 is 0. The van der Waals surface area contributed by atoms with E-state index in [-0.39, 0.29) is 6.54 Å². The number of amides is 4. The molecule has 1 aliphatic rings. The number of aliphatic hydroxyl groups is 3. The van der Waals surface area contributed by atoms with E-state index in [1.165, 1.54) is 11.8 Å². The molecular weight excluding hydrogens is 454 g/mol. The molecule has 194 valence electrons. The highest BCUT2D eigenvalue weighted by atomic mass is 16.4. The lowest BCUT2D eigenvalue weighted by Gasteiger charge is -2.30. The highest BCUT2D eigenvalue weighted by Crippen LogP contribution is 2.20. The van der Waals surface area contributed by atoms with Crippen LogP contribution in [0.15, 0.2) is 0 Å². The van der Waals surface area contributed by atoms with E-state index in [4.69, 9.17) is 10.8 Å². The summed E-state index contributed by atoms with van der Waals surface area (Å²) >= 11 is 0. The summed E-state index contributed by atoms with van der Waals surface area (Å²) in [7, 11) is 0.